The van der Waals surface area contributed by atoms with Crippen LogP contribution in [-0.2, 0) is 11.1 Å². The van der Waals surface area contributed by atoms with Crippen molar-refractivity contribution in [2.45, 2.75) is 26.8 Å². The summed E-state index contributed by atoms with van der Waals surface area (Å²) in [5, 5.41) is 18.5. The average Bonchev–Trinajstić information content (AvgIpc) is 2.61. The lowest BCUT2D eigenvalue weighted by atomic mass is 9.91. The van der Waals surface area contributed by atoms with Crippen LogP contribution in [0.15, 0.2) is 27.8 Å². The Balaban J connectivity index is 2.46. The van der Waals surface area contributed by atoms with Gasteiger partial charge in [0, 0.05) is 39.2 Å². The van der Waals surface area contributed by atoms with Crippen molar-refractivity contribution >= 4 is 29.9 Å². The van der Waals surface area contributed by atoms with E-state index in [0.717, 1.165) is 4.57 Å². The van der Waals surface area contributed by atoms with Crippen LogP contribution in [0.3, 0.4) is 0 Å². The van der Waals surface area contributed by atoms with E-state index in [-0.39, 0.29) is 62.5 Å². The topological polar surface area (TPSA) is 158 Å². The van der Waals surface area contributed by atoms with E-state index in [1.165, 1.54) is 32.0 Å². The van der Waals surface area contributed by atoms with Crippen molar-refractivity contribution in [3.63, 3.8) is 0 Å². The first-order chi connectivity index (χ1) is 13.4. The lowest BCUT2D eigenvalue weighted by molar-refractivity contribution is 0.101. The molecule has 0 saturated carbocycles. The third-order valence-electron chi connectivity index (χ3n) is 4.81. The highest BCUT2D eigenvalue weighted by molar-refractivity contribution is 7.51. The first-order valence-corrected chi connectivity index (χ1v) is 10.5. The van der Waals surface area contributed by atoms with Crippen LogP contribution in [0, 0.1) is 5.41 Å². The SMILES string of the molecule is CC(=O)c1cc2c3c(c1)c(=O)n(CCCP(=O)(O)O)c(=O)c-3c/c(=C(\C)O)c2=N. The lowest BCUT2D eigenvalue weighted by Gasteiger charge is -2.16. The number of hydrogen-bond donors (Lipinski definition) is 4. The summed E-state index contributed by atoms with van der Waals surface area (Å²) >= 11 is 0. The first-order valence-electron chi connectivity index (χ1n) is 8.73. The predicted molar refractivity (Wildman–Crippen MR) is 107 cm³/mol. The Hall–Kier alpha value is -2.87. The smallest absolute Gasteiger partial charge is 0.325 e. The highest BCUT2D eigenvalue weighted by Crippen LogP contribution is 2.35. The minimum absolute atomic E-state index is 0.0640. The molecule has 0 amide bonds. The number of carbonyl (C=O) groups excluding carboxylic acids is 1. The number of Topliss-reactive ketones (excluding diaryl/α,β-unsaturated/α-hetero) is 1. The van der Waals surface area contributed by atoms with Crippen LogP contribution in [0.4, 0.5) is 0 Å². The Labute approximate surface area is 163 Å². The zero-order chi connectivity index (χ0) is 21.7. The van der Waals surface area contributed by atoms with E-state index in [0.29, 0.717) is 0 Å². The molecule has 0 saturated heterocycles. The largest absolute Gasteiger partial charge is 0.512 e. The molecule has 10 heteroatoms. The van der Waals surface area contributed by atoms with E-state index in [9.17, 15) is 24.1 Å². The van der Waals surface area contributed by atoms with Crippen LogP contribution in [0.5, 0.6) is 0 Å². The maximum atomic E-state index is 13.0. The minimum atomic E-state index is -4.29. The van der Waals surface area contributed by atoms with Gasteiger partial charge >= 0.3 is 7.60 Å². The van der Waals surface area contributed by atoms with Gasteiger partial charge < -0.3 is 14.9 Å². The van der Waals surface area contributed by atoms with Gasteiger partial charge in [-0.1, -0.05) is 0 Å². The molecule has 3 rings (SSSR count). The fraction of sp³-hybridized carbons (Fsp3) is 0.263. The van der Waals surface area contributed by atoms with E-state index >= 15 is 0 Å². The lowest BCUT2D eigenvalue weighted by Crippen LogP contribution is -2.38. The van der Waals surface area contributed by atoms with Crippen molar-refractivity contribution in [2.24, 2.45) is 0 Å². The monoisotopic (exact) mass is 418 g/mol. The van der Waals surface area contributed by atoms with Gasteiger partial charge in [-0.15, -0.1) is 0 Å². The summed E-state index contributed by atoms with van der Waals surface area (Å²) in [6.07, 6.45) is -0.582. The number of aromatic nitrogens is 1. The van der Waals surface area contributed by atoms with Crippen molar-refractivity contribution < 1.29 is 24.3 Å². The van der Waals surface area contributed by atoms with Gasteiger partial charge in [-0.05, 0) is 38.5 Å². The molecule has 1 aromatic rings. The van der Waals surface area contributed by atoms with Gasteiger partial charge in [-0.2, -0.15) is 0 Å². The summed E-state index contributed by atoms with van der Waals surface area (Å²) in [4.78, 5) is 55.9. The molecule has 29 heavy (non-hydrogen) atoms. The number of benzene rings is 2. The van der Waals surface area contributed by atoms with Crippen LogP contribution < -0.4 is 21.7 Å². The van der Waals surface area contributed by atoms with Crippen LogP contribution in [-0.4, -0.2) is 31.4 Å². The van der Waals surface area contributed by atoms with Crippen molar-refractivity contribution in [2.75, 3.05) is 6.16 Å². The van der Waals surface area contributed by atoms with Crippen molar-refractivity contribution in [3.8, 4) is 11.1 Å². The Kier molecular flexibility index (Phi) is 5.17. The number of pyridine rings is 1. The highest BCUT2D eigenvalue weighted by Gasteiger charge is 2.23. The average molecular weight is 418 g/mol. The quantitative estimate of drug-likeness (QED) is 0.348. The molecule has 1 heterocycles. The molecular formula is C19H19N2O7P. The molecule has 9 nitrogen and oxygen atoms in total. The second-order valence-corrected chi connectivity index (χ2v) is 8.72. The van der Waals surface area contributed by atoms with Crippen molar-refractivity contribution in [1.29, 1.82) is 5.41 Å². The number of hydrogen-bond acceptors (Lipinski definition) is 6. The summed E-state index contributed by atoms with van der Waals surface area (Å²) in [5.41, 5.74) is -0.890. The number of nitrogens with zero attached hydrogens (tertiary/aromatic N) is 1. The standard InChI is InChI=1S/C19H19N2O7P/c1-9(22)11-6-13-16-14(7-11)18(24)21(4-3-5-29(26,27)28)19(25)15(16)8-12(10(2)23)17(13)20/h6-8,20,23H,3-5H2,1-2H3,(H2,26,27,28)/b12-10-,20-17?. The molecule has 0 atom stereocenters. The van der Waals surface area contributed by atoms with Crippen molar-refractivity contribution in [3.05, 3.63) is 55.0 Å². The summed E-state index contributed by atoms with van der Waals surface area (Å²) in [5.74, 6) is -0.530. The van der Waals surface area contributed by atoms with Crippen LogP contribution >= 0.6 is 7.60 Å². The molecule has 1 aromatic carbocycles. The molecule has 0 bridgehead atoms. The molecule has 0 spiro atoms. The second kappa shape index (κ2) is 7.18. The number of aliphatic hydroxyl groups excluding tert-OH is 1. The highest BCUT2D eigenvalue weighted by atomic mass is 31.2. The summed E-state index contributed by atoms with van der Waals surface area (Å²) in [6.45, 7) is 2.45. The van der Waals surface area contributed by atoms with Gasteiger partial charge in [0.2, 0.25) is 0 Å². The number of ketones is 1. The van der Waals surface area contributed by atoms with Gasteiger partial charge in [-0.25, -0.2) is 0 Å². The Morgan fingerprint density at radius 2 is 1.72 bits per heavy atom. The van der Waals surface area contributed by atoms with Gasteiger partial charge in [-0.3, -0.25) is 28.9 Å². The van der Waals surface area contributed by atoms with Crippen molar-refractivity contribution in [1.82, 2.24) is 4.57 Å². The molecule has 152 valence electrons. The van der Waals surface area contributed by atoms with E-state index in [2.05, 4.69) is 0 Å². The number of aliphatic hydroxyl groups is 1. The van der Waals surface area contributed by atoms with Gasteiger partial charge in [0.25, 0.3) is 11.1 Å². The third kappa shape index (κ3) is 3.72. The zero-order valence-corrected chi connectivity index (χ0v) is 16.6. The molecule has 0 radical (unpaired) electrons. The predicted octanol–water partition coefficient (Wildman–Crippen LogP) is 0.559. The van der Waals surface area contributed by atoms with E-state index in [1.807, 2.05) is 0 Å². The summed E-state index contributed by atoms with van der Waals surface area (Å²) in [6, 6.07) is 4.10. The maximum Gasteiger partial charge on any atom is 0.325 e. The van der Waals surface area contributed by atoms with E-state index < -0.39 is 24.9 Å². The molecule has 0 fully saturated rings. The fourth-order valence-electron chi connectivity index (χ4n) is 3.41. The number of carbonyl (C=O) groups is 1. The Bertz CT molecular complexity index is 1380. The Morgan fingerprint density at radius 3 is 2.28 bits per heavy atom. The third-order valence-corrected chi connectivity index (χ3v) is 5.71. The molecule has 4 N–H and O–H groups in total. The second-order valence-electron chi connectivity index (χ2n) is 6.94. The van der Waals surface area contributed by atoms with E-state index in [4.69, 9.17) is 15.2 Å². The summed E-state index contributed by atoms with van der Waals surface area (Å²) in [7, 11) is -4.29. The van der Waals surface area contributed by atoms with Crippen LogP contribution in [0.2, 0.25) is 0 Å². The molecule has 2 aliphatic rings. The minimum Gasteiger partial charge on any atom is -0.512 e. The first kappa shape index (κ1) is 20.9. The normalized spacial score (nSPS) is 13.2. The maximum absolute atomic E-state index is 13.0. The molecule has 0 unspecified atom stereocenters. The fourth-order valence-corrected chi connectivity index (χ4v) is 3.96. The molecule has 0 aromatic heterocycles. The molecule has 1 aliphatic heterocycles. The zero-order valence-electron chi connectivity index (χ0n) is 15.7. The number of nitrogens with one attached hydrogen (secondary N) is 1. The molecular weight excluding hydrogens is 399 g/mol. The summed E-state index contributed by atoms with van der Waals surface area (Å²) < 4.78 is 12.0. The van der Waals surface area contributed by atoms with Crippen LogP contribution in [0.1, 0.15) is 30.6 Å². The number of rotatable bonds is 5. The van der Waals surface area contributed by atoms with Crippen LogP contribution in [0.25, 0.3) is 27.7 Å². The molecule has 1 aliphatic carbocycles. The van der Waals surface area contributed by atoms with Gasteiger partial charge in [0.05, 0.1) is 17.3 Å². The Morgan fingerprint density at radius 1 is 1.10 bits per heavy atom. The van der Waals surface area contributed by atoms with Gasteiger partial charge in [0.15, 0.2) is 5.78 Å². The van der Waals surface area contributed by atoms with E-state index in [1.54, 1.807) is 0 Å². The van der Waals surface area contributed by atoms with Gasteiger partial charge in [0.1, 0.15) is 0 Å².